The number of ether oxygens (including phenoxy) is 1. The van der Waals surface area contributed by atoms with Gasteiger partial charge in [-0.1, -0.05) is 18.2 Å². The molecule has 0 aliphatic carbocycles. The predicted molar refractivity (Wildman–Crippen MR) is 113 cm³/mol. The molecule has 3 rings (SSSR count). The first-order valence-electron chi connectivity index (χ1n) is 9.84. The van der Waals surface area contributed by atoms with Gasteiger partial charge in [0.1, 0.15) is 36.7 Å². The Morgan fingerprint density at radius 1 is 1.34 bits per heavy atom. The summed E-state index contributed by atoms with van der Waals surface area (Å²) in [5.74, 6) is -4.95. The number of carbonyl (C=O) groups is 1. The normalized spacial score (nSPS) is 28.5. The summed E-state index contributed by atoms with van der Waals surface area (Å²) >= 11 is 0. The fourth-order valence-electron chi connectivity index (χ4n) is 3.13. The summed E-state index contributed by atoms with van der Waals surface area (Å²) in [7, 11) is -4.67. The first-order chi connectivity index (χ1) is 16.4. The average molecular weight is 514 g/mol. The molecule has 2 heterocycles. The first-order valence-corrected chi connectivity index (χ1v) is 11.4. The van der Waals surface area contributed by atoms with E-state index < -0.39 is 61.4 Å². The maximum atomic E-state index is 15.7. The molecular weight excluding hydrogens is 494 g/mol. The summed E-state index contributed by atoms with van der Waals surface area (Å²) in [6.45, 7) is -0.345. The van der Waals surface area contributed by atoms with E-state index in [0.717, 1.165) is 19.2 Å². The first kappa shape index (κ1) is 26.2. The van der Waals surface area contributed by atoms with Crippen LogP contribution in [0.1, 0.15) is 6.92 Å². The van der Waals surface area contributed by atoms with E-state index in [1.807, 2.05) is 0 Å². The third-order valence-corrected chi connectivity index (χ3v) is 6.55. The molecule has 1 saturated heterocycles. The second-order valence-electron chi connectivity index (χ2n) is 7.43. The summed E-state index contributed by atoms with van der Waals surface area (Å²) in [5.41, 5.74) is -4.98. The predicted octanol–water partition coefficient (Wildman–Crippen LogP) is -0.603. The average Bonchev–Trinajstić information content (AvgIpc) is 3.00. The van der Waals surface area contributed by atoms with Gasteiger partial charge < -0.3 is 19.8 Å². The highest BCUT2D eigenvalue weighted by Crippen LogP contribution is 2.49. The number of para-hydroxylation sites is 1. The highest BCUT2D eigenvalue weighted by atomic mass is 31.2. The highest BCUT2D eigenvalue weighted by Gasteiger charge is 2.66. The number of aliphatic hydroxyl groups is 2. The lowest BCUT2D eigenvalue weighted by Crippen LogP contribution is -2.50. The molecule has 0 radical (unpaired) electrons. The van der Waals surface area contributed by atoms with Gasteiger partial charge in [0.2, 0.25) is 0 Å². The monoisotopic (exact) mass is 514 g/mol. The van der Waals surface area contributed by atoms with Gasteiger partial charge >= 0.3 is 19.4 Å². The minimum Gasteiger partial charge on any atom is -0.480 e. The van der Waals surface area contributed by atoms with E-state index in [9.17, 15) is 34.4 Å². The van der Waals surface area contributed by atoms with Crippen LogP contribution in [0.5, 0.6) is 5.75 Å². The summed E-state index contributed by atoms with van der Waals surface area (Å²) in [6.07, 6.45) is -4.17. The van der Waals surface area contributed by atoms with Gasteiger partial charge in [-0.3, -0.25) is 28.4 Å². The van der Waals surface area contributed by atoms with Crippen LogP contribution in [0, 0.1) is 11.3 Å². The molecule has 2 aromatic rings. The lowest BCUT2D eigenvalue weighted by molar-refractivity contribution is -0.225. The van der Waals surface area contributed by atoms with Crippen molar-refractivity contribution < 1.29 is 42.9 Å². The van der Waals surface area contributed by atoms with Gasteiger partial charge in [-0.2, -0.15) is 10.3 Å². The summed E-state index contributed by atoms with van der Waals surface area (Å²) < 4.78 is 44.5. The fourth-order valence-corrected chi connectivity index (χ4v) is 4.64. The van der Waals surface area contributed by atoms with Crippen LogP contribution in [-0.2, 0) is 24.3 Å². The number of carboxylic acids is 1. The van der Waals surface area contributed by atoms with E-state index in [1.165, 1.54) is 30.3 Å². The topological polar surface area (TPSA) is 213 Å². The number of hydrogen-bond donors (Lipinski definition) is 5. The minimum absolute atomic E-state index is 0.0482. The lowest BCUT2D eigenvalue weighted by atomic mass is 10.0. The number of hydrogen-bond acceptors (Lipinski definition) is 10. The second kappa shape index (κ2) is 9.70. The molecule has 0 bridgehead atoms. The summed E-state index contributed by atoms with van der Waals surface area (Å²) in [4.78, 5) is 36.5. The van der Waals surface area contributed by atoms with Gasteiger partial charge in [-0.15, -0.1) is 0 Å². The number of carboxylic acid groups (broad SMARTS) is 1. The molecule has 1 fully saturated rings. The van der Waals surface area contributed by atoms with Crippen molar-refractivity contribution in [2.75, 3.05) is 6.61 Å². The zero-order valence-corrected chi connectivity index (χ0v) is 18.8. The number of nitriles is 1. The molecule has 1 aliphatic rings. The molecule has 1 aromatic carbocycles. The van der Waals surface area contributed by atoms with Crippen molar-refractivity contribution in [2.45, 2.75) is 36.8 Å². The largest absolute Gasteiger partial charge is 0.480 e. The van der Waals surface area contributed by atoms with Gasteiger partial charge in [-0.25, -0.2) is 13.8 Å². The van der Waals surface area contributed by atoms with Crippen LogP contribution in [0.2, 0.25) is 0 Å². The molecule has 188 valence electrons. The third kappa shape index (κ3) is 5.17. The Labute approximate surface area is 195 Å². The third-order valence-electron chi connectivity index (χ3n) is 4.93. The second-order valence-corrected chi connectivity index (χ2v) is 9.12. The Morgan fingerprint density at radius 3 is 2.57 bits per heavy atom. The number of rotatable bonds is 9. The van der Waals surface area contributed by atoms with E-state index in [0.29, 0.717) is 4.57 Å². The van der Waals surface area contributed by atoms with Crippen LogP contribution in [0.3, 0.4) is 0 Å². The van der Waals surface area contributed by atoms with Gasteiger partial charge in [-0.05, 0) is 19.1 Å². The van der Waals surface area contributed by atoms with Gasteiger partial charge in [0.25, 0.3) is 17.1 Å². The molecule has 5 N–H and O–H groups in total. The van der Waals surface area contributed by atoms with Crippen LogP contribution >= 0.6 is 7.75 Å². The molecule has 1 aromatic heterocycles. The highest BCUT2D eigenvalue weighted by molar-refractivity contribution is 7.52. The quantitative estimate of drug-likeness (QED) is 0.265. The molecule has 0 amide bonds. The van der Waals surface area contributed by atoms with Crippen LogP contribution in [0.25, 0.3) is 0 Å². The van der Waals surface area contributed by atoms with Crippen molar-refractivity contribution in [1.82, 2.24) is 14.6 Å². The van der Waals surface area contributed by atoms with E-state index in [-0.39, 0.29) is 5.75 Å². The Morgan fingerprint density at radius 2 is 2.00 bits per heavy atom. The molecular formula is C19H20FN4O10P. The molecule has 14 nitrogen and oxygen atoms in total. The number of aliphatic hydroxyl groups excluding tert-OH is 2. The Kier molecular flexibility index (Phi) is 7.27. The molecule has 0 saturated carbocycles. The van der Waals surface area contributed by atoms with Crippen LogP contribution < -0.4 is 20.9 Å². The maximum Gasteiger partial charge on any atom is 0.459 e. The van der Waals surface area contributed by atoms with Crippen molar-refractivity contribution >= 4 is 13.7 Å². The number of aromatic amines is 1. The molecule has 6 atom stereocenters. The van der Waals surface area contributed by atoms with Crippen molar-refractivity contribution in [2.24, 2.45) is 0 Å². The van der Waals surface area contributed by atoms with E-state index in [2.05, 4.69) is 5.09 Å². The van der Waals surface area contributed by atoms with E-state index >= 15 is 4.39 Å². The zero-order chi connectivity index (χ0) is 26.0. The number of nitrogens with one attached hydrogen (secondary N) is 2. The molecule has 0 spiro atoms. The standard InChI is InChI=1S/C19H20FN4O10P/c1-11(16(28)29)23-35(31,33-12-5-3-2-4-6-12)32-10-18(20)14(26)15(27)19(9-21,34-18)24-8-7-13(25)22-17(24)30/h2-8,11,14-15,26-27H,10H2,1H3,(H,23,31)(H,28,29)(H,22,25,30)/t11?,14-,15+,18+,19+,35-/m0/s1. The van der Waals surface area contributed by atoms with Gasteiger partial charge in [0.15, 0.2) is 0 Å². The van der Waals surface area contributed by atoms with Crippen molar-refractivity contribution in [1.29, 1.82) is 5.26 Å². The molecule has 1 unspecified atom stereocenters. The number of aromatic nitrogens is 2. The maximum absolute atomic E-state index is 15.7. The van der Waals surface area contributed by atoms with Crippen molar-refractivity contribution in [3.63, 3.8) is 0 Å². The fraction of sp³-hybridized carbons (Fsp3) is 0.368. The van der Waals surface area contributed by atoms with Crippen molar-refractivity contribution in [3.05, 3.63) is 63.4 Å². The Balaban J connectivity index is 1.92. The number of alkyl halides is 1. The van der Waals surface area contributed by atoms with Crippen LogP contribution in [0.15, 0.2) is 52.2 Å². The zero-order valence-electron chi connectivity index (χ0n) is 17.9. The molecule has 16 heteroatoms. The van der Waals surface area contributed by atoms with Crippen LogP contribution in [0.4, 0.5) is 4.39 Å². The number of halogens is 1. The van der Waals surface area contributed by atoms with Gasteiger partial charge in [0.05, 0.1) is 0 Å². The molecule has 35 heavy (non-hydrogen) atoms. The van der Waals surface area contributed by atoms with Crippen LogP contribution in [-0.4, -0.2) is 61.6 Å². The van der Waals surface area contributed by atoms with E-state index in [4.69, 9.17) is 18.9 Å². The number of nitrogens with zero attached hydrogens (tertiary/aromatic N) is 2. The Bertz CT molecular complexity index is 1300. The smallest absolute Gasteiger partial charge is 0.459 e. The van der Waals surface area contributed by atoms with Crippen molar-refractivity contribution in [3.8, 4) is 11.8 Å². The minimum atomic E-state index is -4.67. The lowest BCUT2D eigenvalue weighted by Gasteiger charge is -2.28. The van der Waals surface area contributed by atoms with Gasteiger partial charge in [0, 0.05) is 12.3 Å². The Hall–Kier alpha value is -3.38. The number of aliphatic carboxylic acids is 1. The molecule has 1 aliphatic heterocycles. The summed E-state index contributed by atoms with van der Waals surface area (Å²) in [5, 5.41) is 41.6. The number of H-pyrrole nitrogens is 1. The number of benzene rings is 1. The summed E-state index contributed by atoms with van der Waals surface area (Å²) in [6, 6.07) is 7.98. The van der Waals surface area contributed by atoms with E-state index in [1.54, 1.807) is 11.1 Å². The SMILES string of the molecule is CC(N[P@](=O)(OC[C@@]1(F)O[C@@](C#N)(n2ccc(=O)[nH]c2=O)[C@H](O)[C@@H]1O)Oc1ccccc1)C(=O)O.